The van der Waals surface area contributed by atoms with Crippen LogP contribution in [0.25, 0.3) is 0 Å². The Morgan fingerprint density at radius 1 is 1.14 bits per heavy atom. The van der Waals surface area contributed by atoms with Crippen LogP contribution >= 0.6 is 0 Å². The number of amides is 1. The zero-order chi connectivity index (χ0) is 15.3. The van der Waals surface area contributed by atoms with Crippen molar-refractivity contribution in [2.45, 2.75) is 6.18 Å². The predicted molar refractivity (Wildman–Crippen MR) is 69.8 cm³/mol. The first-order valence-corrected chi connectivity index (χ1v) is 5.96. The number of nitrogens with zero attached hydrogens (tertiary/aromatic N) is 1. The Hall–Kier alpha value is -2.57. The van der Waals surface area contributed by atoms with E-state index in [2.05, 4.69) is 10.3 Å². The number of aromatic nitrogens is 1. The molecule has 21 heavy (non-hydrogen) atoms. The summed E-state index contributed by atoms with van der Waals surface area (Å²) in [6.45, 7) is -0.257. The van der Waals surface area contributed by atoms with E-state index in [9.17, 15) is 18.0 Å². The van der Waals surface area contributed by atoms with Crippen molar-refractivity contribution in [3.63, 3.8) is 0 Å². The molecule has 2 rings (SSSR count). The molecule has 1 heterocycles. The molecule has 110 valence electrons. The average molecular weight is 296 g/mol. The third-order valence-electron chi connectivity index (χ3n) is 2.47. The highest BCUT2D eigenvalue weighted by Crippen LogP contribution is 2.28. The summed E-state index contributed by atoms with van der Waals surface area (Å²) in [5.74, 6) is 0.0452. The lowest BCUT2D eigenvalue weighted by atomic mass is 10.3. The number of nitrogens with one attached hydrogen (secondary N) is 1. The van der Waals surface area contributed by atoms with E-state index in [1.165, 1.54) is 0 Å². The Morgan fingerprint density at radius 3 is 2.43 bits per heavy atom. The number of anilines is 1. The fraction of sp³-hybridized carbons (Fsp3) is 0.143. The van der Waals surface area contributed by atoms with Gasteiger partial charge in [-0.25, -0.2) is 4.98 Å². The Kier molecular flexibility index (Phi) is 4.42. The number of benzene rings is 1. The molecule has 0 atom stereocenters. The van der Waals surface area contributed by atoms with Crippen molar-refractivity contribution < 1.29 is 22.7 Å². The molecule has 0 aliphatic carbocycles. The summed E-state index contributed by atoms with van der Waals surface area (Å²) < 4.78 is 42.2. The SMILES string of the molecule is O=C(COc1ccccc1)Nc1ccc(C(F)(F)F)cn1. The van der Waals surface area contributed by atoms with E-state index in [0.29, 0.717) is 11.9 Å². The fourth-order valence-corrected chi connectivity index (χ4v) is 1.48. The highest BCUT2D eigenvalue weighted by Gasteiger charge is 2.30. The lowest BCUT2D eigenvalue weighted by molar-refractivity contribution is -0.137. The first kappa shape index (κ1) is 14.8. The predicted octanol–water partition coefficient (Wildman–Crippen LogP) is 3.12. The van der Waals surface area contributed by atoms with Gasteiger partial charge in [-0.3, -0.25) is 4.79 Å². The van der Waals surface area contributed by atoms with E-state index in [1.807, 2.05) is 0 Å². The number of rotatable bonds is 4. The summed E-state index contributed by atoms with van der Waals surface area (Å²) in [6, 6.07) is 10.6. The molecule has 1 aromatic carbocycles. The minimum Gasteiger partial charge on any atom is -0.484 e. The van der Waals surface area contributed by atoms with Crippen LogP contribution in [0.1, 0.15) is 5.56 Å². The molecule has 0 bridgehead atoms. The zero-order valence-corrected chi connectivity index (χ0v) is 10.7. The van der Waals surface area contributed by atoms with Crippen molar-refractivity contribution in [1.29, 1.82) is 0 Å². The number of halogens is 3. The van der Waals surface area contributed by atoms with Gasteiger partial charge in [-0.1, -0.05) is 18.2 Å². The third-order valence-corrected chi connectivity index (χ3v) is 2.47. The molecule has 0 radical (unpaired) electrons. The number of ether oxygens (including phenoxy) is 1. The second kappa shape index (κ2) is 6.25. The summed E-state index contributed by atoms with van der Waals surface area (Å²) in [5, 5.41) is 2.35. The fourth-order valence-electron chi connectivity index (χ4n) is 1.48. The first-order chi connectivity index (χ1) is 9.95. The molecule has 1 N–H and O–H groups in total. The number of carbonyl (C=O) groups is 1. The van der Waals surface area contributed by atoms with Crippen molar-refractivity contribution in [1.82, 2.24) is 4.98 Å². The van der Waals surface area contributed by atoms with Gasteiger partial charge in [0.25, 0.3) is 5.91 Å². The van der Waals surface area contributed by atoms with Gasteiger partial charge < -0.3 is 10.1 Å². The van der Waals surface area contributed by atoms with Gasteiger partial charge in [0.1, 0.15) is 11.6 Å². The molecule has 1 amide bonds. The second-order valence-electron chi connectivity index (χ2n) is 4.08. The van der Waals surface area contributed by atoms with E-state index in [1.54, 1.807) is 30.3 Å². The van der Waals surface area contributed by atoms with Gasteiger partial charge in [0, 0.05) is 6.20 Å². The van der Waals surface area contributed by atoms with Gasteiger partial charge in [0.2, 0.25) is 0 Å². The Balaban J connectivity index is 1.88. The molecule has 0 aliphatic heterocycles. The molecular weight excluding hydrogens is 285 g/mol. The van der Waals surface area contributed by atoms with E-state index >= 15 is 0 Å². The monoisotopic (exact) mass is 296 g/mol. The van der Waals surface area contributed by atoms with E-state index in [-0.39, 0.29) is 12.4 Å². The minimum atomic E-state index is -4.45. The number of hydrogen-bond acceptors (Lipinski definition) is 3. The van der Waals surface area contributed by atoms with Gasteiger partial charge in [-0.2, -0.15) is 13.2 Å². The number of carbonyl (C=O) groups excluding carboxylic acids is 1. The van der Waals surface area contributed by atoms with Gasteiger partial charge in [0.15, 0.2) is 6.61 Å². The highest BCUT2D eigenvalue weighted by atomic mass is 19.4. The van der Waals surface area contributed by atoms with Crippen LogP contribution in [0, 0.1) is 0 Å². The Bertz CT molecular complexity index is 598. The van der Waals surface area contributed by atoms with Crippen LogP contribution in [0.5, 0.6) is 5.75 Å². The standard InChI is InChI=1S/C14H11F3N2O2/c15-14(16,17)10-6-7-12(18-8-10)19-13(20)9-21-11-4-2-1-3-5-11/h1-8H,9H2,(H,18,19,20). The maximum absolute atomic E-state index is 12.3. The van der Waals surface area contributed by atoms with Crippen molar-refractivity contribution in [2.24, 2.45) is 0 Å². The van der Waals surface area contributed by atoms with Crippen LogP contribution in [0.15, 0.2) is 48.7 Å². The van der Waals surface area contributed by atoms with Crippen molar-refractivity contribution >= 4 is 11.7 Å². The largest absolute Gasteiger partial charge is 0.484 e. The van der Waals surface area contributed by atoms with E-state index in [0.717, 1.165) is 12.1 Å². The smallest absolute Gasteiger partial charge is 0.417 e. The van der Waals surface area contributed by atoms with Crippen LogP contribution in [-0.4, -0.2) is 17.5 Å². The Labute approximate surface area is 118 Å². The molecule has 0 unspecified atom stereocenters. The molecule has 0 saturated carbocycles. The summed E-state index contributed by atoms with van der Waals surface area (Å²) >= 11 is 0. The Morgan fingerprint density at radius 2 is 1.86 bits per heavy atom. The summed E-state index contributed by atoms with van der Waals surface area (Å²) in [4.78, 5) is 15.1. The number of para-hydroxylation sites is 1. The lowest BCUT2D eigenvalue weighted by Gasteiger charge is -2.08. The molecule has 0 saturated heterocycles. The second-order valence-corrected chi connectivity index (χ2v) is 4.08. The van der Waals surface area contributed by atoms with Gasteiger partial charge in [0.05, 0.1) is 5.56 Å². The van der Waals surface area contributed by atoms with Gasteiger partial charge >= 0.3 is 6.18 Å². The first-order valence-electron chi connectivity index (χ1n) is 5.96. The summed E-state index contributed by atoms with van der Waals surface area (Å²) in [5.41, 5.74) is -0.874. The normalized spacial score (nSPS) is 11.0. The summed E-state index contributed by atoms with van der Waals surface area (Å²) in [7, 11) is 0. The minimum absolute atomic E-state index is 0.0321. The lowest BCUT2D eigenvalue weighted by Crippen LogP contribution is -2.20. The number of hydrogen-bond donors (Lipinski definition) is 1. The molecule has 1 aromatic heterocycles. The van der Waals surface area contributed by atoms with Gasteiger partial charge in [-0.05, 0) is 24.3 Å². The quantitative estimate of drug-likeness (QED) is 0.943. The molecule has 0 aliphatic rings. The molecular formula is C14H11F3N2O2. The number of pyridine rings is 1. The zero-order valence-electron chi connectivity index (χ0n) is 10.7. The summed E-state index contributed by atoms with van der Waals surface area (Å²) in [6.07, 6.45) is -3.79. The highest BCUT2D eigenvalue weighted by molar-refractivity contribution is 5.90. The maximum Gasteiger partial charge on any atom is 0.417 e. The van der Waals surface area contributed by atoms with Gasteiger partial charge in [-0.15, -0.1) is 0 Å². The average Bonchev–Trinajstić information content (AvgIpc) is 2.46. The molecule has 7 heteroatoms. The topological polar surface area (TPSA) is 51.2 Å². The van der Waals surface area contributed by atoms with Crippen molar-refractivity contribution in [3.8, 4) is 5.75 Å². The van der Waals surface area contributed by atoms with E-state index < -0.39 is 17.6 Å². The van der Waals surface area contributed by atoms with Crippen LogP contribution in [-0.2, 0) is 11.0 Å². The molecule has 4 nitrogen and oxygen atoms in total. The number of alkyl halides is 3. The van der Waals surface area contributed by atoms with Crippen LogP contribution < -0.4 is 10.1 Å². The van der Waals surface area contributed by atoms with Crippen LogP contribution in [0.3, 0.4) is 0 Å². The van der Waals surface area contributed by atoms with Crippen LogP contribution in [0.4, 0.5) is 19.0 Å². The van der Waals surface area contributed by atoms with Crippen molar-refractivity contribution in [3.05, 3.63) is 54.2 Å². The van der Waals surface area contributed by atoms with E-state index in [4.69, 9.17) is 4.74 Å². The third kappa shape index (κ3) is 4.48. The van der Waals surface area contributed by atoms with Crippen LogP contribution in [0.2, 0.25) is 0 Å². The maximum atomic E-state index is 12.3. The molecule has 2 aromatic rings. The molecule has 0 spiro atoms. The van der Waals surface area contributed by atoms with Crippen molar-refractivity contribution in [2.75, 3.05) is 11.9 Å². The molecule has 0 fully saturated rings.